The molecule has 1 aliphatic heterocycles. The predicted molar refractivity (Wildman–Crippen MR) is 122 cm³/mol. The molecule has 2 aromatic heterocycles. The van der Waals surface area contributed by atoms with Gasteiger partial charge in [-0.25, -0.2) is 18.7 Å². The van der Waals surface area contributed by atoms with Crippen molar-refractivity contribution in [2.75, 3.05) is 31.2 Å². The van der Waals surface area contributed by atoms with Crippen LogP contribution in [-0.4, -0.2) is 40.8 Å². The highest BCUT2D eigenvalue weighted by Gasteiger charge is 2.18. The van der Waals surface area contributed by atoms with E-state index in [4.69, 9.17) is 4.74 Å². The minimum Gasteiger partial charge on any atom is -0.378 e. The molecule has 1 saturated heterocycles. The molecule has 33 heavy (non-hydrogen) atoms. The summed E-state index contributed by atoms with van der Waals surface area (Å²) in [5.74, 6) is -1.36. The number of pyridine rings is 1. The van der Waals surface area contributed by atoms with Gasteiger partial charge in [-0.05, 0) is 35.9 Å². The van der Waals surface area contributed by atoms with Crippen molar-refractivity contribution in [1.29, 1.82) is 0 Å². The average Bonchev–Trinajstić information content (AvgIpc) is 2.83. The molecule has 0 atom stereocenters. The fourth-order valence-electron chi connectivity index (χ4n) is 4.17. The van der Waals surface area contributed by atoms with Gasteiger partial charge >= 0.3 is 0 Å². The summed E-state index contributed by atoms with van der Waals surface area (Å²) < 4.78 is 36.5. The zero-order valence-corrected chi connectivity index (χ0v) is 18.1. The Morgan fingerprint density at radius 1 is 1.00 bits per heavy atom. The SMILES string of the molecule is Cn1c(Cc2cc(-c3ncnc4cc(N5CCOCC5)ccc34)c(F)cc2F)cccc1=O. The number of hydrogen-bond acceptors (Lipinski definition) is 5. The lowest BCUT2D eigenvalue weighted by Gasteiger charge is -2.29. The highest BCUT2D eigenvalue weighted by Crippen LogP contribution is 2.32. The second-order valence-electron chi connectivity index (χ2n) is 8.04. The maximum absolute atomic E-state index is 14.9. The van der Waals surface area contributed by atoms with Gasteiger partial charge in [0.25, 0.3) is 0 Å². The van der Waals surface area contributed by atoms with Crippen LogP contribution in [0.3, 0.4) is 0 Å². The number of hydrogen-bond donors (Lipinski definition) is 0. The van der Waals surface area contributed by atoms with Crippen LogP contribution in [0.2, 0.25) is 0 Å². The lowest BCUT2D eigenvalue weighted by molar-refractivity contribution is 0.122. The lowest BCUT2D eigenvalue weighted by Crippen LogP contribution is -2.36. The summed E-state index contributed by atoms with van der Waals surface area (Å²) in [6, 6.07) is 13.0. The molecule has 8 heteroatoms. The standard InChI is InChI=1S/C25H22F2N4O2/c1-30-17(3-2-4-24(30)32)11-16-12-20(22(27)14-21(16)26)25-19-6-5-18(13-23(19)28-15-29-25)31-7-9-33-10-8-31/h2-6,12-15H,7-11H2,1H3. The molecule has 1 aliphatic rings. The van der Waals surface area contributed by atoms with E-state index in [9.17, 15) is 13.6 Å². The second-order valence-corrected chi connectivity index (χ2v) is 8.04. The highest BCUT2D eigenvalue weighted by molar-refractivity contribution is 5.94. The van der Waals surface area contributed by atoms with E-state index in [0.29, 0.717) is 35.5 Å². The number of morpholine rings is 1. The van der Waals surface area contributed by atoms with Gasteiger partial charge in [-0.2, -0.15) is 0 Å². The quantitative estimate of drug-likeness (QED) is 0.477. The van der Waals surface area contributed by atoms with Crippen molar-refractivity contribution >= 4 is 16.6 Å². The average molecular weight is 448 g/mol. The van der Waals surface area contributed by atoms with Crippen molar-refractivity contribution < 1.29 is 13.5 Å². The van der Waals surface area contributed by atoms with E-state index >= 15 is 0 Å². The van der Waals surface area contributed by atoms with Gasteiger partial charge in [0, 0.05) is 61.0 Å². The van der Waals surface area contributed by atoms with Crippen LogP contribution in [0.25, 0.3) is 22.2 Å². The fraction of sp³-hybridized carbons (Fsp3) is 0.240. The molecule has 0 bridgehead atoms. The van der Waals surface area contributed by atoms with Crippen LogP contribution in [-0.2, 0) is 18.2 Å². The van der Waals surface area contributed by atoms with Crippen LogP contribution >= 0.6 is 0 Å². The largest absolute Gasteiger partial charge is 0.378 e. The Kier molecular flexibility index (Phi) is 5.60. The smallest absolute Gasteiger partial charge is 0.250 e. The number of fused-ring (bicyclic) bond motifs is 1. The van der Waals surface area contributed by atoms with E-state index in [1.807, 2.05) is 18.2 Å². The van der Waals surface area contributed by atoms with Gasteiger partial charge < -0.3 is 14.2 Å². The van der Waals surface area contributed by atoms with Gasteiger partial charge in [-0.3, -0.25) is 4.79 Å². The Bertz CT molecular complexity index is 1400. The second kappa shape index (κ2) is 8.71. The van der Waals surface area contributed by atoms with E-state index in [1.54, 1.807) is 19.2 Å². The molecule has 0 unspecified atom stereocenters. The maximum Gasteiger partial charge on any atom is 0.250 e. The molecule has 168 valence electrons. The molecule has 6 nitrogen and oxygen atoms in total. The number of aromatic nitrogens is 3. The van der Waals surface area contributed by atoms with Crippen LogP contribution in [0, 0.1) is 11.6 Å². The van der Waals surface area contributed by atoms with E-state index in [-0.39, 0.29) is 23.1 Å². The van der Waals surface area contributed by atoms with Gasteiger partial charge in [-0.15, -0.1) is 0 Å². The number of nitrogens with zero attached hydrogens (tertiary/aromatic N) is 4. The first-order chi connectivity index (χ1) is 16.0. The van der Waals surface area contributed by atoms with Crippen molar-refractivity contribution in [2.45, 2.75) is 6.42 Å². The van der Waals surface area contributed by atoms with E-state index in [2.05, 4.69) is 14.9 Å². The van der Waals surface area contributed by atoms with Gasteiger partial charge in [0.15, 0.2) is 0 Å². The molecule has 0 N–H and O–H groups in total. The minimum absolute atomic E-state index is 0.149. The zero-order valence-electron chi connectivity index (χ0n) is 18.1. The van der Waals surface area contributed by atoms with Crippen molar-refractivity contribution in [1.82, 2.24) is 14.5 Å². The number of rotatable bonds is 4. The predicted octanol–water partition coefficient (Wildman–Crippen LogP) is 3.70. The van der Waals surface area contributed by atoms with Gasteiger partial charge in [-0.1, -0.05) is 6.07 Å². The summed E-state index contributed by atoms with van der Waals surface area (Å²) in [6.45, 7) is 2.93. The van der Waals surface area contributed by atoms with E-state index < -0.39 is 11.6 Å². The Labute approximate surface area is 189 Å². The third-order valence-corrected chi connectivity index (χ3v) is 6.05. The van der Waals surface area contributed by atoms with Crippen molar-refractivity contribution in [2.24, 2.45) is 7.05 Å². The van der Waals surface area contributed by atoms with Crippen LogP contribution in [0.5, 0.6) is 0 Å². The molecule has 0 amide bonds. The molecule has 3 heterocycles. The number of benzene rings is 2. The molecule has 5 rings (SSSR count). The number of anilines is 1. The van der Waals surface area contributed by atoms with Gasteiger partial charge in [0.1, 0.15) is 18.0 Å². The first-order valence-corrected chi connectivity index (χ1v) is 10.7. The zero-order chi connectivity index (χ0) is 22.9. The van der Waals surface area contributed by atoms with Gasteiger partial charge in [0.05, 0.1) is 24.4 Å². The Balaban J connectivity index is 1.57. The van der Waals surface area contributed by atoms with E-state index in [1.165, 1.54) is 23.0 Å². The van der Waals surface area contributed by atoms with Crippen LogP contribution in [0.4, 0.5) is 14.5 Å². The van der Waals surface area contributed by atoms with Crippen molar-refractivity contribution in [3.63, 3.8) is 0 Å². The van der Waals surface area contributed by atoms with Crippen LogP contribution in [0.1, 0.15) is 11.3 Å². The van der Waals surface area contributed by atoms with E-state index in [0.717, 1.165) is 24.8 Å². The third-order valence-electron chi connectivity index (χ3n) is 6.05. The Morgan fingerprint density at radius 2 is 1.82 bits per heavy atom. The third kappa shape index (κ3) is 4.09. The summed E-state index contributed by atoms with van der Waals surface area (Å²) in [5, 5.41) is 0.679. The van der Waals surface area contributed by atoms with Gasteiger partial charge in [0.2, 0.25) is 5.56 Å². The summed E-state index contributed by atoms with van der Waals surface area (Å²) in [5.41, 5.74) is 3.01. The number of ether oxygens (including phenoxy) is 1. The first kappa shape index (κ1) is 21.2. The normalized spacial score (nSPS) is 14.1. The monoisotopic (exact) mass is 448 g/mol. The maximum atomic E-state index is 14.9. The molecule has 0 aliphatic carbocycles. The van der Waals surface area contributed by atoms with Crippen molar-refractivity contribution in [3.05, 3.63) is 88.1 Å². The summed E-state index contributed by atoms with van der Waals surface area (Å²) in [7, 11) is 1.63. The molecule has 1 fully saturated rings. The minimum atomic E-state index is -0.699. The topological polar surface area (TPSA) is 60.3 Å². The fourth-order valence-corrected chi connectivity index (χ4v) is 4.17. The summed E-state index contributed by atoms with van der Waals surface area (Å²) >= 11 is 0. The van der Waals surface area contributed by atoms with Crippen molar-refractivity contribution in [3.8, 4) is 11.3 Å². The lowest BCUT2D eigenvalue weighted by atomic mass is 10.00. The summed E-state index contributed by atoms with van der Waals surface area (Å²) in [4.78, 5) is 22.8. The van der Waals surface area contributed by atoms with Crippen LogP contribution in [0.15, 0.2) is 59.7 Å². The number of halogens is 2. The van der Waals surface area contributed by atoms with Crippen LogP contribution < -0.4 is 10.5 Å². The molecule has 0 radical (unpaired) electrons. The molecule has 4 aromatic rings. The molecular weight excluding hydrogens is 426 g/mol. The molecular formula is C25H22F2N4O2. The summed E-state index contributed by atoms with van der Waals surface area (Å²) in [6.07, 6.45) is 1.54. The Hall–Kier alpha value is -3.65. The molecule has 2 aromatic carbocycles. The molecule has 0 saturated carbocycles. The molecule has 0 spiro atoms. The Morgan fingerprint density at radius 3 is 2.64 bits per heavy atom. The highest BCUT2D eigenvalue weighted by atomic mass is 19.1. The first-order valence-electron chi connectivity index (χ1n) is 10.7.